The van der Waals surface area contributed by atoms with Gasteiger partial charge in [0.2, 0.25) is 0 Å². The summed E-state index contributed by atoms with van der Waals surface area (Å²) in [5.41, 5.74) is 3.17. The van der Waals surface area contributed by atoms with Crippen LogP contribution in [0.3, 0.4) is 0 Å². The Labute approximate surface area is 327 Å². The smallest absolute Gasteiger partial charge is 0.311 e. The number of likely N-dealkylation sites (N-methyl/N-ethyl adjacent to an activating group) is 2. The number of esters is 2. The molecule has 0 aliphatic heterocycles. The molecule has 0 aliphatic carbocycles. The van der Waals surface area contributed by atoms with Gasteiger partial charge in [-0.05, 0) is 107 Å². The monoisotopic (exact) mass is 765 g/mol. The average molecular weight is 765 g/mol. The summed E-state index contributed by atoms with van der Waals surface area (Å²) in [6.45, 7) is 22.3. The highest BCUT2D eigenvalue weighted by Crippen LogP contribution is 2.48. The number of aromatic nitrogens is 2. The average Bonchev–Trinajstić information content (AvgIpc) is 3.63. The molecule has 0 amide bonds. The SMILES string of the molecule is Cc1c(F)cc(OC(=O)CC(C)(C)CC(C)(C)CC(C)(C)CC(C)(C)CC(=O)Oc2cc(F)c(C)c3[nH]cc(CCN(C)C)c23)c2c(CCN(C)C)c[nH]c12. The summed E-state index contributed by atoms with van der Waals surface area (Å²) in [4.78, 5) is 37.6. The Kier molecular flexibility index (Phi) is 13.4. The van der Waals surface area contributed by atoms with Gasteiger partial charge in [-0.15, -0.1) is 0 Å². The van der Waals surface area contributed by atoms with Crippen LogP contribution >= 0.6 is 0 Å². The summed E-state index contributed by atoms with van der Waals surface area (Å²) in [7, 11) is 8.01. The minimum atomic E-state index is -0.415. The number of benzene rings is 2. The normalized spacial score (nSPS) is 13.1. The summed E-state index contributed by atoms with van der Waals surface area (Å²) in [6, 6.07) is 2.67. The van der Waals surface area contributed by atoms with Gasteiger partial charge in [0.1, 0.15) is 23.1 Å². The van der Waals surface area contributed by atoms with Gasteiger partial charge in [0, 0.05) is 59.5 Å². The standard InChI is InChI=1S/C45H66F2N4O4/c1-28-32(46)19-34(38-30(15-17-50(11)12)23-48-40(28)38)54-36(52)21-42(3,4)25-44(7,8)27-45(9,10)26-43(5,6)22-37(53)55-35-20-33(47)29(2)41-39(35)31(24-49-41)16-18-51(13)14/h19-20,23-24,48-49H,15-18,21-22,25-27H2,1-14H3. The maximum absolute atomic E-state index is 15.0. The van der Waals surface area contributed by atoms with Gasteiger partial charge in [-0.25, -0.2) is 8.78 Å². The van der Waals surface area contributed by atoms with Crippen molar-refractivity contribution in [1.82, 2.24) is 19.8 Å². The van der Waals surface area contributed by atoms with Crippen molar-refractivity contribution < 1.29 is 27.8 Å². The van der Waals surface area contributed by atoms with Gasteiger partial charge in [-0.3, -0.25) is 9.59 Å². The van der Waals surface area contributed by atoms with E-state index in [-0.39, 0.29) is 47.1 Å². The molecule has 304 valence electrons. The molecule has 0 aliphatic rings. The van der Waals surface area contributed by atoms with Crippen molar-refractivity contribution in [3.63, 3.8) is 0 Å². The summed E-state index contributed by atoms with van der Waals surface area (Å²) >= 11 is 0. The lowest BCUT2D eigenvalue weighted by atomic mass is 9.63. The zero-order chi connectivity index (χ0) is 41.3. The van der Waals surface area contributed by atoms with Gasteiger partial charge >= 0.3 is 11.9 Å². The molecule has 0 fully saturated rings. The van der Waals surface area contributed by atoms with Crippen LogP contribution in [0.4, 0.5) is 8.78 Å². The van der Waals surface area contributed by atoms with Crippen molar-refractivity contribution in [2.24, 2.45) is 21.7 Å². The Balaban J connectivity index is 1.40. The number of carbonyl (C=O) groups excluding carboxylic acids is 2. The molecule has 0 saturated heterocycles. The molecule has 0 bridgehead atoms. The number of aromatic amines is 2. The van der Waals surface area contributed by atoms with E-state index >= 15 is 0 Å². The molecule has 2 heterocycles. The van der Waals surface area contributed by atoms with Crippen LogP contribution in [0.25, 0.3) is 21.8 Å². The first kappa shape index (κ1) is 44.0. The van der Waals surface area contributed by atoms with Crippen LogP contribution in [0.1, 0.15) is 110 Å². The highest BCUT2D eigenvalue weighted by Gasteiger charge is 2.39. The molecule has 0 atom stereocenters. The Morgan fingerprint density at radius 2 is 0.927 bits per heavy atom. The van der Waals surface area contributed by atoms with E-state index in [9.17, 15) is 18.4 Å². The molecule has 0 radical (unpaired) electrons. The molecule has 4 aromatic rings. The third-order valence-electron chi connectivity index (χ3n) is 10.6. The second-order valence-corrected chi connectivity index (χ2v) is 19.7. The number of fused-ring (bicyclic) bond motifs is 2. The van der Waals surface area contributed by atoms with E-state index in [1.165, 1.54) is 12.1 Å². The fraction of sp³-hybridized carbons (Fsp3) is 0.600. The van der Waals surface area contributed by atoms with E-state index < -0.39 is 22.5 Å². The summed E-state index contributed by atoms with van der Waals surface area (Å²) in [6.07, 6.45) is 7.92. The van der Waals surface area contributed by atoms with E-state index in [2.05, 4.69) is 75.2 Å². The number of carbonyl (C=O) groups is 2. The minimum Gasteiger partial charge on any atom is -0.426 e. The number of H-pyrrole nitrogens is 2. The van der Waals surface area contributed by atoms with Gasteiger partial charge in [-0.2, -0.15) is 0 Å². The lowest BCUT2D eigenvalue weighted by Crippen LogP contribution is -2.33. The first-order chi connectivity index (χ1) is 25.3. The first-order valence-corrected chi connectivity index (χ1v) is 19.6. The molecule has 55 heavy (non-hydrogen) atoms. The molecule has 10 heteroatoms. The second kappa shape index (κ2) is 16.8. The molecule has 2 N–H and O–H groups in total. The molecular weight excluding hydrogens is 699 g/mol. The predicted octanol–water partition coefficient (Wildman–Crippen LogP) is 10.3. The van der Waals surface area contributed by atoms with E-state index in [1.807, 2.05) is 40.6 Å². The number of hydrogen-bond acceptors (Lipinski definition) is 6. The van der Waals surface area contributed by atoms with Gasteiger partial charge < -0.3 is 29.2 Å². The van der Waals surface area contributed by atoms with E-state index in [4.69, 9.17) is 9.47 Å². The fourth-order valence-electron chi connectivity index (χ4n) is 9.39. The Morgan fingerprint density at radius 1 is 0.600 bits per heavy atom. The molecule has 0 spiro atoms. The van der Waals surface area contributed by atoms with Crippen LogP contribution < -0.4 is 9.47 Å². The molecule has 2 aromatic carbocycles. The zero-order valence-corrected chi connectivity index (χ0v) is 36.0. The Morgan fingerprint density at radius 3 is 1.25 bits per heavy atom. The Hall–Kier alpha value is -3.76. The van der Waals surface area contributed by atoms with Crippen LogP contribution in [0.5, 0.6) is 11.5 Å². The minimum absolute atomic E-state index is 0.157. The number of hydrogen-bond donors (Lipinski definition) is 2. The van der Waals surface area contributed by atoms with Crippen molar-refractivity contribution in [1.29, 1.82) is 0 Å². The molecular formula is C45H66F2N4O4. The maximum atomic E-state index is 15.0. The van der Waals surface area contributed by atoms with Crippen molar-refractivity contribution in [3.8, 4) is 11.5 Å². The first-order valence-electron chi connectivity index (χ1n) is 19.6. The predicted molar refractivity (Wildman–Crippen MR) is 220 cm³/mol. The highest BCUT2D eigenvalue weighted by molar-refractivity contribution is 5.94. The quantitative estimate of drug-likeness (QED) is 0.0775. The number of nitrogens with one attached hydrogen (secondary N) is 2. The van der Waals surface area contributed by atoms with Crippen LogP contribution in [-0.4, -0.2) is 73.0 Å². The van der Waals surface area contributed by atoms with Crippen LogP contribution in [0.2, 0.25) is 0 Å². The Bertz CT molecular complexity index is 1860. The van der Waals surface area contributed by atoms with E-state index in [0.29, 0.717) is 22.2 Å². The van der Waals surface area contributed by atoms with Crippen molar-refractivity contribution >= 4 is 33.7 Å². The summed E-state index contributed by atoms with van der Waals surface area (Å²) < 4.78 is 41.8. The van der Waals surface area contributed by atoms with Crippen molar-refractivity contribution in [2.75, 3.05) is 41.3 Å². The highest BCUT2D eigenvalue weighted by atomic mass is 19.1. The molecule has 2 aromatic heterocycles. The number of ether oxygens (including phenoxy) is 2. The topological polar surface area (TPSA) is 90.7 Å². The third-order valence-corrected chi connectivity index (χ3v) is 10.6. The van der Waals surface area contributed by atoms with Gasteiger partial charge in [-0.1, -0.05) is 55.4 Å². The number of rotatable bonds is 18. The van der Waals surface area contributed by atoms with Gasteiger partial charge in [0.25, 0.3) is 0 Å². The lowest BCUT2D eigenvalue weighted by Gasteiger charge is -2.42. The number of aryl methyl sites for hydroxylation is 2. The van der Waals surface area contributed by atoms with Crippen LogP contribution in [0.15, 0.2) is 24.5 Å². The van der Waals surface area contributed by atoms with Gasteiger partial charge in [0.15, 0.2) is 0 Å². The maximum Gasteiger partial charge on any atom is 0.311 e. The molecule has 4 rings (SSSR count). The molecule has 0 unspecified atom stereocenters. The van der Waals surface area contributed by atoms with Crippen LogP contribution in [0, 0.1) is 47.1 Å². The summed E-state index contributed by atoms with van der Waals surface area (Å²) in [5.74, 6) is -1.10. The number of nitrogens with zero attached hydrogens (tertiary/aromatic N) is 2. The number of halogens is 2. The van der Waals surface area contributed by atoms with Crippen molar-refractivity contribution in [3.05, 3.63) is 58.4 Å². The molecule has 8 nitrogen and oxygen atoms in total. The third kappa shape index (κ3) is 11.6. The van der Waals surface area contributed by atoms with E-state index in [1.54, 1.807) is 13.8 Å². The largest absolute Gasteiger partial charge is 0.426 e. The fourth-order valence-corrected chi connectivity index (χ4v) is 9.39. The summed E-state index contributed by atoms with van der Waals surface area (Å²) in [5, 5.41) is 1.52. The van der Waals surface area contributed by atoms with E-state index in [0.717, 1.165) is 67.1 Å². The van der Waals surface area contributed by atoms with Gasteiger partial charge in [0.05, 0.1) is 23.9 Å². The lowest BCUT2D eigenvalue weighted by molar-refractivity contribution is -0.137. The van der Waals surface area contributed by atoms with Crippen LogP contribution in [-0.2, 0) is 22.4 Å². The zero-order valence-electron chi connectivity index (χ0n) is 36.0. The van der Waals surface area contributed by atoms with Crippen molar-refractivity contribution in [2.45, 2.75) is 114 Å². The second-order valence-electron chi connectivity index (χ2n) is 19.7. The molecule has 0 saturated carbocycles.